The summed E-state index contributed by atoms with van der Waals surface area (Å²) in [5, 5.41) is 0.373. The molecule has 60 valence electrons. The summed E-state index contributed by atoms with van der Waals surface area (Å²) in [7, 11) is 0. The Balaban J connectivity index is 4.07. The van der Waals surface area contributed by atoms with E-state index >= 15 is 0 Å². The van der Waals surface area contributed by atoms with Crippen molar-refractivity contribution in [3.8, 4) is 0 Å². The maximum Gasteiger partial charge on any atom is 0.280 e. The number of ether oxygens (including phenoxy) is 1. The minimum atomic E-state index is -3.11. The van der Waals surface area contributed by atoms with Crippen molar-refractivity contribution in [1.29, 1.82) is 0 Å². The highest BCUT2D eigenvalue weighted by Gasteiger charge is 2.16. The normalized spacial score (nSPS) is 13.4. The number of rotatable bonds is 3. The van der Waals surface area contributed by atoms with Crippen LogP contribution in [0.15, 0.2) is 11.6 Å². The van der Waals surface area contributed by atoms with Crippen LogP contribution >= 0.6 is 28.3 Å². The van der Waals surface area contributed by atoms with Gasteiger partial charge in [0, 0.05) is 5.31 Å². The molecular weight excluding hydrogens is 194 g/mol. The van der Waals surface area contributed by atoms with Gasteiger partial charge in [-0.15, -0.1) is 0 Å². The van der Waals surface area contributed by atoms with Crippen molar-refractivity contribution in [1.82, 2.24) is 0 Å². The summed E-state index contributed by atoms with van der Waals surface area (Å²) in [4.78, 5) is 0. The molecule has 0 unspecified atom stereocenters. The van der Waals surface area contributed by atoms with Crippen molar-refractivity contribution in [2.24, 2.45) is 0 Å². The molecule has 0 heterocycles. The lowest BCUT2D eigenvalue weighted by atomic mass is 10.7. The highest BCUT2D eigenvalue weighted by atomic mass is 35.9. The van der Waals surface area contributed by atoms with Gasteiger partial charge in [0.05, 0.1) is 12.9 Å². The van der Waals surface area contributed by atoms with Crippen LogP contribution in [-0.2, 0) is 9.30 Å². The van der Waals surface area contributed by atoms with E-state index in [1.807, 2.05) is 6.92 Å². The fraction of sp³-hybridized carbons (Fsp3) is 0.600. The largest absolute Gasteiger partial charge is 0.501 e. The zero-order valence-electron chi connectivity index (χ0n) is 5.80. The van der Waals surface area contributed by atoms with Crippen LogP contribution in [0.2, 0.25) is 0 Å². The van der Waals surface area contributed by atoms with Crippen LogP contribution in [-0.4, -0.2) is 6.61 Å². The van der Waals surface area contributed by atoms with Crippen molar-refractivity contribution >= 4 is 28.3 Å². The zero-order valence-corrected chi connectivity index (χ0v) is 8.21. The van der Waals surface area contributed by atoms with Gasteiger partial charge in [-0.2, -0.15) is 0 Å². The third-order valence-corrected chi connectivity index (χ3v) is 3.36. The van der Waals surface area contributed by atoms with Gasteiger partial charge in [-0.05, 0) is 36.3 Å². The average Bonchev–Trinajstić information content (AvgIpc) is 1.80. The Morgan fingerprint density at radius 1 is 1.70 bits per heavy atom. The predicted octanol–water partition coefficient (Wildman–Crippen LogP) is 3.55. The maximum atomic E-state index is 10.8. The van der Waals surface area contributed by atoms with Crippen LogP contribution in [0.1, 0.15) is 13.8 Å². The van der Waals surface area contributed by atoms with Gasteiger partial charge in [0.25, 0.3) is 5.85 Å². The Hall–Kier alpha value is 0.350. The molecule has 0 N–H and O–H groups in total. The molecule has 0 rings (SSSR count). The fourth-order valence-corrected chi connectivity index (χ4v) is 0.702. The molecule has 10 heavy (non-hydrogen) atoms. The molecule has 0 bridgehead atoms. The van der Waals surface area contributed by atoms with E-state index in [1.165, 1.54) is 6.26 Å². The van der Waals surface area contributed by atoms with E-state index in [0.29, 0.717) is 11.9 Å². The fourth-order valence-electron chi connectivity index (χ4n) is 0.265. The van der Waals surface area contributed by atoms with Crippen molar-refractivity contribution in [3.63, 3.8) is 0 Å². The minimum Gasteiger partial charge on any atom is -0.501 e. The third-order valence-electron chi connectivity index (χ3n) is 0.831. The summed E-state index contributed by atoms with van der Waals surface area (Å²) < 4.78 is 15.6. The van der Waals surface area contributed by atoms with Crippen molar-refractivity contribution in [2.75, 3.05) is 6.61 Å². The third kappa shape index (κ3) is 4.21. The molecule has 0 fully saturated rings. The van der Waals surface area contributed by atoms with Gasteiger partial charge in [-0.1, -0.05) is 0 Å². The summed E-state index contributed by atoms with van der Waals surface area (Å²) in [6.45, 7) is 3.90. The highest BCUT2D eigenvalue weighted by molar-refractivity contribution is 8.11. The molecule has 2 nitrogen and oxygen atoms in total. The summed E-state index contributed by atoms with van der Waals surface area (Å²) in [6, 6.07) is 0. The number of allylic oxidation sites excluding steroid dienone is 1. The van der Waals surface area contributed by atoms with Crippen LogP contribution < -0.4 is 0 Å². The zero-order chi connectivity index (χ0) is 8.20. The molecule has 0 radical (unpaired) electrons. The van der Waals surface area contributed by atoms with Crippen LogP contribution in [0.25, 0.3) is 0 Å². The second kappa shape index (κ2) is 4.27. The Labute approximate surface area is 70.1 Å². The van der Waals surface area contributed by atoms with Crippen LogP contribution in [0.4, 0.5) is 0 Å². The SMILES string of the molecule is CCOC=C(C)P(=O)(Cl)Cl. The molecule has 5 heteroatoms. The Kier molecular flexibility index (Phi) is 4.42. The molecule has 0 aliphatic heterocycles. The first-order valence-corrected chi connectivity index (χ1v) is 6.28. The van der Waals surface area contributed by atoms with Crippen LogP contribution in [0.5, 0.6) is 0 Å². The molecule has 0 aromatic carbocycles. The van der Waals surface area contributed by atoms with Gasteiger partial charge in [0.15, 0.2) is 0 Å². The first-order valence-electron chi connectivity index (χ1n) is 2.76. The van der Waals surface area contributed by atoms with E-state index in [-0.39, 0.29) is 0 Å². The van der Waals surface area contributed by atoms with E-state index in [4.69, 9.17) is 27.2 Å². The van der Waals surface area contributed by atoms with Crippen molar-refractivity contribution in [3.05, 3.63) is 11.6 Å². The van der Waals surface area contributed by atoms with Crippen molar-refractivity contribution < 1.29 is 9.30 Å². The lowest BCUT2D eigenvalue weighted by Gasteiger charge is -2.00. The first-order chi connectivity index (χ1) is 4.48. The second-order valence-corrected chi connectivity index (χ2v) is 6.68. The Bertz CT molecular complexity index is 172. The smallest absolute Gasteiger partial charge is 0.280 e. The molecule has 0 aromatic heterocycles. The highest BCUT2D eigenvalue weighted by Crippen LogP contribution is 2.63. The topological polar surface area (TPSA) is 26.3 Å². The quantitative estimate of drug-likeness (QED) is 0.517. The molecule has 0 amide bonds. The molecule has 0 spiro atoms. The summed E-state index contributed by atoms with van der Waals surface area (Å²) >= 11 is 10.6. The van der Waals surface area contributed by atoms with Crippen LogP contribution in [0, 0.1) is 0 Å². The summed E-state index contributed by atoms with van der Waals surface area (Å²) in [5.41, 5.74) is 0. The Morgan fingerprint density at radius 3 is 2.50 bits per heavy atom. The number of hydrogen-bond donors (Lipinski definition) is 0. The average molecular weight is 203 g/mol. The maximum absolute atomic E-state index is 10.8. The number of hydrogen-bond acceptors (Lipinski definition) is 2. The van der Waals surface area contributed by atoms with Crippen LogP contribution in [0.3, 0.4) is 0 Å². The Morgan fingerprint density at radius 2 is 2.20 bits per heavy atom. The molecule has 0 saturated heterocycles. The van der Waals surface area contributed by atoms with E-state index in [1.54, 1.807) is 6.92 Å². The standard InChI is InChI=1S/C5H9Cl2O2P/c1-3-9-4-5(2)10(6,7)8/h4H,3H2,1-2H3. The monoisotopic (exact) mass is 202 g/mol. The second-order valence-electron chi connectivity index (χ2n) is 1.68. The van der Waals surface area contributed by atoms with Gasteiger partial charge >= 0.3 is 0 Å². The van der Waals surface area contributed by atoms with Gasteiger partial charge in [-0.25, -0.2) is 0 Å². The lowest BCUT2D eigenvalue weighted by Crippen LogP contribution is -1.78. The molecule has 0 atom stereocenters. The van der Waals surface area contributed by atoms with E-state index in [9.17, 15) is 4.57 Å². The molecule has 0 aromatic rings. The van der Waals surface area contributed by atoms with E-state index in [2.05, 4.69) is 0 Å². The predicted molar refractivity (Wildman–Crippen MR) is 44.7 cm³/mol. The van der Waals surface area contributed by atoms with Gasteiger partial charge < -0.3 is 4.74 Å². The van der Waals surface area contributed by atoms with Gasteiger partial charge in [-0.3, -0.25) is 4.57 Å². The van der Waals surface area contributed by atoms with E-state index < -0.39 is 5.85 Å². The van der Waals surface area contributed by atoms with Gasteiger partial charge in [0.1, 0.15) is 0 Å². The molecule has 0 aliphatic carbocycles. The summed E-state index contributed by atoms with van der Waals surface area (Å²) in [5.74, 6) is -3.11. The molecule has 0 aliphatic rings. The lowest BCUT2D eigenvalue weighted by molar-refractivity contribution is 0.268. The minimum absolute atomic E-state index is 0.373. The molecule has 0 saturated carbocycles. The number of halogens is 2. The first kappa shape index (κ1) is 10.3. The van der Waals surface area contributed by atoms with Crippen molar-refractivity contribution in [2.45, 2.75) is 13.8 Å². The van der Waals surface area contributed by atoms with Gasteiger partial charge in [0.2, 0.25) is 0 Å². The van der Waals surface area contributed by atoms with E-state index in [0.717, 1.165) is 0 Å². The molecular formula is C5H9Cl2O2P. The summed E-state index contributed by atoms with van der Waals surface area (Å²) in [6.07, 6.45) is 1.32.